The molecule has 5 heteroatoms. The third-order valence-electron chi connectivity index (χ3n) is 2.61. The molecule has 0 saturated heterocycles. The van der Waals surface area contributed by atoms with Gasteiger partial charge in [-0.3, -0.25) is 9.59 Å². The van der Waals surface area contributed by atoms with Gasteiger partial charge in [0.05, 0.1) is 18.0 Å². The van der Waals surface area contributed by atoms with Crippen molar-refractivity contribution in [1.29, 1.82) is 0 Å². The number of thioether (sulfide) groups is 1. The fourth-order valence-electron chi connectivity index (χ4n) is 1.66. The normalized spacial score (nSPS) is 14.3. The maximum absolute atomic E-state index is 11.9. The Morgan fingerprint density at radius 2 is 2.28 bits per heavy atom. The predicted molar refractivity (Wildman–Crippen MR) is 73.3 cm³/mol. The summed E-state index contributed by atoms with van der Waals surface area (Å²) in [6.07, 6.45) is 0. The molecule has 2 N–H and O–H groups in total. The summed E-state index contributed by atoms with van der Waals surface area (Å²) in [5.74, 6) is 0.462. The molecule has 0 radical (unpaired) electrons. The summed E-state index contributed by atoms with van der Waals surface area (Å²) in [7, 11) is 0. The third-order valence-corrected chi connectivity index (χ3v) is 3.68. The molecule has 1 amide bonds. The van der Waals surface area contributed by atoms with E-state index in [4.69, 9.17) is 0 Å². The molecule has 0 bridgehead atoms. The van der Waals surface area contributed by atoms with Crippen molar-refractivity contribution >= 4 is 29.1 Å². The molecule has 0 aliphatic carbocycles. The molecule has 1 aliphatic heterocycles. The van der Waals surface area contributed by atoms with Gasteiger partial charge in [0.1, 0.15) is 0 Å². The fraction of sp³-hybridized carbons (Fsp3) is 0.385. The van der Waals surface area contributed by atoms with Crippen LogP contribution in [0.1, 0.15) is 24.2 Å². The minimum Gasteiger partial charge on any atom is -0.324 e. The summed E-state index contributed by atoms with van der Waals surface area (Å²) in [4.78, 5) is 24.2. The van der Waals surface area contributed by atoms with Crippen molar-refractivity contribution in [2.45, 2.75) is 24.8 Å². The van der Waals surface area contributed by atoms with Gasteiger partial charge in [-0.15, -0.1) is 11.8 Å². The van der Waals surface area contributed by atoms with Gasteiger partial charge in [0.25, 0.3) is 0 Å². The van der Waals surface area contributed by atoms with E-state index in [9.17, 15) is 9.59 Å². The Kier molecular flexibility index (Phi) is 4.04. The van der Waals surface area contributed by atoms with Crippen LogP contribution in [0, 0.1) is 0 Å². The molecule has 0 unspecified atom stereocenters. The van der Waals surface area contributed by atoms with Gasteiger partial charge in [0, 0.05) is 16.5 Å². The van der Waals surface area contributed by atoms with Crippen molar-refractivity contribution < 1.29 is 9.59 Å². The highest BCUT2D eigenvalue weighted by Crippen LogP contribution is 2.31. The molecule has 96 valence electrons. The molecule has 18 heavy (non-hydrogen) atoms. The zero-order valence-corrected chi connectivity index (χ0v) is 11.3. The zero-order valence-electron chi connectivity index (χ0n) is 10.4. The van der Waals surface area contributed by atoms with Gasteiger partial charge in [-0.05, 0) is 12.1 Å². The average Bonchev–Trinajstić information content (AvgIpc) is 2.34. The van der Waals surface area contributed by atoms with Gasteiger partial charge in [-0.2, -0.15) is 0 Å². The predicted octanol–water partition coefficient (Wildman–Crippen LogP) is 1.91. The number of fused-ring (bicyclic) bond motifs is 1. The minimum atomic E-state index is -0.0163. The Labute approximate surface area is 111 Å². The first kappa shape index (κ1) is 13.1. The van der Waals surface area contributed by atoms with Crippen LogP contribution in [0.2, 0.25) is 0 Å². The Bertz CT molecular complexity index is 486. The summed E-state index contributed by atoms with van der Waals surface area (Å²) in [6, 6.07) is 5.74. The number of carbonyl (C=O) groups is 2. The molecule has 1 aromatic carbocycles. The van der Waals surface area contributed by atoms with E-state index in [-0.39, 0.29) is 17.7 Å². The van der Waals surface area contributed by atoms with Crippen molar-refractivity contribution in [2.75, 3.05) is 17.6 Å². The van der Waals surface area contributed by atoms with Gasteiger partial charge in [0.15, 0.2) is 5.78 Å². The van der Waals surface area contributed by atoms with Crippen LogP contribution in [-0.2, 0) is 4.79 Å². The molecule has 1 aliphatic rings. The van der Waals surface area contributed by atoms with Crippen LogP contribution in [0.25, 0.3) is 0 Å². The van der Waals surface area contributed by atoms with Crippen LogP contribution >= 0.6 is 11.8 Å². The molecule has 0 spiro atoms. The number of carbonyl (C=O) groups excluding carboxylic acids is 2. The molecular weight excluding hydrogens is 248 g/mol. The minimum absolute atomic E-state index is 0.0163. The number of nitrogens with one attached hydrogen (secondary N) is 2. The largest absolute Gasteiger partial charge is 0.324 e. The highest BCUT2D eigenvalue weighted by molar-refractivity contribution is 8.00. The smallest absolute Gasteiger partial charge is 0.234 e. The first-order valence-corrected chi connectivity index (χ1v) is 6.88. The maximum Gasteiger partial charge on any atom is 0.234 e. The van der Waals surface area contributed by atoms with E-state index in [0.717, 1.165) is 10.6 Å². The maximum atomic E-state index is 11.9. The number of benzene rings is 1. The van der Waals surface area contributed by atoms with Gasteiger partial charge in [-0.25, -0.2) is 0 Å². The molecule has 2 rings (SSSR count). The first-order chi connectivity index (χ1) is 8.56. The fourth-order valence-corrected chi connectivity index (χ4v) is 2.44. The van der Waals surface area contributed by atoms with Crippen LogP contribution in [0.3, 0.4) is 0 Å². The highest BCUT2D eigenvalue weighted by Gasteiger charge is 2.17. The second-order valence-corrected chi connectivity index (χ2v) is 5.52. The summed E-state index contributed by atoms with van der Waals surface area (Å²) in [5, 5.41) is 5.88. The van der Waals surface area contributed by atoms with Gasteiger partial charge >= 0.3 is 0 Å². The standard InChI is InChI=1S/C13H16N2O2S/c1-8(2)14-6-11(16)9-3-4-12-10(5-9)15-13(17)7-18-12/h3-5,8,14H,6-7H2,1-2H3,(H,15,17). The Morgan fingerprint density at radius 1 is 1.50 bits per heavy atom. The topological polar surface area (TPSA) is 58.2 Å². The van der Waals surface area contributed by atoms with Gasteiger partial charge in [-0.1, -0.05) is 19.9 Å². The summed E-state index contributed by atoms with van der Waals surface area (Å²) in [5.41, 5.74) is 1.37. The molecule has 4 nitrogen and oxygen atoms in total. The lowest BCUT2D eigenvalue weighted by Crippen LogP contribution is -2.29. The lowest BCUT2D eigenvalue weighted by Gasteiger charge is -2.17. The monoisotopic (exact) mass is 264 g/mol. The molecule has 0 atom stereocenters. The summed E-state index contributed by atoms with van der Waals surface area (Å²) < 4.78 is 0. The van der Waals surface area contributed by atoms with Gasteiger partial charge < -0.3 is 10.6 Å². The summed E-state index contributed by atoms with van der Waals surface area (Å²) in [6.45, 7) is 4.31. The van der Waals surface area contributed by atoms with Crippen LogP contribution in [0.4, 0.5) is 5.69 Å². The zero-order chi connectivity index (χ0) is 13.1. The van der Waals surface area contributed by atoms with E-state index in [1.807, 2.05) is 26.0 Å². The lowest BCUT2D eigenvalue weighted by molar-refractivity contribution is -0.113. The first-order valence-electron chi connectivity index (χ1n) is 5.89. The second kappa shape index (κ2) is 5.54. The number of Topliss-reactive ketones (excluding diaryl/α,β-unsaturated/α-hetero) is 1. The number of ketones is 1. The van der Waals surface area contributed by atoms with Crippen molar-refractivity contribution in [2.24, 2.45) is 0 Å². The SMILES string of the molecule is CC(C)NCC(=O)c1ccc2c(c1)NC(=O)CS2. The molecule has 0 aromatic heterocycles. The number of hydrogen-bond donors (Lipinski definition) is 2. The van der Waals surface area contributed by atoms with E-state index in [1.54, 1.807) is 6.07 Å². The van der Waals surface area contributed by atoms with Crippen LogP contribution in [0.15, 0.2) is 23.1 Å². The van der Waals surface area contributed by atoms with E-state index in [0.29, 0.717) is 17.9 Å². The van der Waals surface area contributed by atoms with Crippen molar-refractivity contribution in [3.8, 4) is 0 Å². The van der Waals surface area contributed by atoms with E-state index >= 15 is 0 Å². The molecule has 1 aromatic rings. The molecule has 0 fully saturated rings. The quantitative estimate of drug-likeness (QED) is 0.816. The lowest BCUT2D eigenvalue weighted by atomic mass is 10.1. The van der Waals surface area contributed by atoms with Crippen molar-refractivity contribution in [1.82, 2.24) is 5.32 Å². The van der Waals surface area contributed by atoms with Crippen LogP contribution in [-0.4, -0.2) is 30.0 Å². The number of rotatable bonds is 4. The molecular formula is C13H16N2O2S. The summed E-state index contributed by atoms with van der Waals surface area (Å²) >= 11 is 1.50. The highest BCUT2D eigenvalue weighted by atomic mass is 32.2. The van der Waals surface area contributed by atoms with E-state index in [1.165, 1.54) is 11.8 Å². The van der Waals surface area contributed by atoms with Crippen molar-refractivity contribution in [3.63, 3.8) is 0 Å². The van der Waals surface area contributed by atoms with Gasteiger partial charge in [0.2, 0.25) is 5.91 Å². The van der Waals surface area contributed by atoms with E-state index in [2.05, 4.69) is 10.6 Å². The van der Waals surface area contributed by atoms with Crippen LogP contribution in [0.5, 0.6) is 0 Å². The second-order valence-electron chi connectivity index (χ2n) is 4.51. The number of hydrogen-bond acceptors (Lipinski definition) is 4. The molecule has 1 heterocycles. The van der Waals surface area contributed by atoms with Crippen molar-refractivity contribution in [3.05, 3.63) is 23.8 Å². The number of anilines is 1. The molecule has 0 saturated carbocycles. The number of amides is 1. The average molecular weight is 264 g/mol. The Hall–Kier alpha value is -1.33. The van der Waals surface area contributed by atoms with E-state index < -0.39 is 0 Å². The Morgan fingerprint density at radius 3 is 3.00 bits per heavy atom. The Balaban J connectivity index is 2.13. The third kappa shape index (κ3) is 3.11. The van der Waals surface area contributed by atoms with Crippen LogP contribution < -0.4 is 10.6 Å².